The lowest BCUT2D eigenvalue weighted by Crippen LogP contribution is -2.78. The molecule has 1 aromatic heterocycles. The summed E-state index contributed by atoms with van der Waals surface area (Å²) < 4.78 is 1.64. The van der Waals surface area contributed by atoms with E-state index < -0.39 is 52.5 Å². The second kappa shape index (κ2) is 10.2. The van der Waals surface area contributed by atoms with Crippen molar-refractivity contribution in [1.29, 1.82) is 0 Å². The van der Waals surface area contributed by atoms with E-state index in [1.165, 1.54) is 35.7 Å². The maximum Gasteiger partial charge on any atom is 0.359 e. The quantitative estimate of drug-likeness (QED) is 0.228. The summed E-state index contributed by atoms with van der Waals surface area (Å²) in [6, 6.07) is 9.90. The Hall–Kier alpha value is -4.52. The van der Waals surface area contributed by atoms with Crippen LogP contribution in [0.25, 0.3) is 5.70 Å². The van der Waals surface area contributed by atoms with Gasteiger partial charge in [0.1, 0.15) is 17.0 Å². The number of nitrogens with one attached hydrogen (secondary N) is 1. The number of hydrogen-bond donors (Lipinski definition) is 3. The lowest BCUT2D eigenvalue weighted by molar-refractivity contribution is -0.582. The van der Waals surface area contributed by atoms with Crippen molar-refractivity contribution in [2.45, 2.75) is 43.1 Å². The largest absolute Gasteiger partial charge is 0.480 e. The van der Waals surface area contributed by atoms with Gasteiger partial charge in [0.25, 0.3) is 17.7 Å². The molecule has 1 unspecified atom stereocenters. The molecule has 2 aromatic rings. The number of carboxylic acid groups (broad SMARTS) is 2. The minimum atomic E-state index is -1.46. The van der Waals surface area contributed by atoms with Gasteiger partial charge in [0.05, 0.1) is 16.9 Å². The number of rotatable bonds is 9. The summed E-state index contributed by atoms with van der Waals surface area (Å²) in [6.07, 6.45) is 3.08. The molecular formula is C27H25N4O8S+. The second-order valence-corrected chi connectivity index (χ2v) is 10.8. The van der Waals surface area contributed by atoms with Crippen LogP contribution < -0.4 is 9.88 Å². The van der Waals surface area contributed by atoms with Crippen molar-refractivity contribution in [2.75, 3.05) is 5.75 Å². The summed E-state index contributed by atoms with van der Waals surface area (Å²) in [5, 5.41) is 21.7. The monoisotopic (exact) mass is 565 g/mol. The van der Waals surface area contributed by atoms with E-state index in [4.69, 9.17) is 0 Å². The highest BCUT2D eigenvalue weighted by atomic mass is 32.2. The first-order chi connectivity index (χ1) is 19.1. The van der Waals surface area contributed by atoms with Crippen molar-refractivity contribution in [2.24, 2.45) is 0 Å². The molecule has 0 bridgehead atoms. The van der Waals surface area contributed by atoms with Crippen LogP contribution in [0.4, 0.5) is 0 Å². The molecule has 3 N–H and O–H groups in total. The van der Waals surface area contributed by atoms with Gasteiger partial charge in [-0.2, -0.15) is 4.57 Å². The van der Waals surface area contributed by atoms with E-state index in [9.17, 15) is 39.0 Å². The number of amides is 4. The van der Waals surface area contributed by atoms with Crippen LogP contribution in [-0.2, 0) is 19.2 Å². The molecule has 4 amide bonds. The van der Waals surface area contributed by atoms with Gasteiger partial charge in [-0.25, -0.2) is 9.59 Å². The number of benzene rings is 1. The molecule has 0 spiro atoms. The molecule has 3 atom stereocenters. The van der Waals surface area contributed by atoms with E-state index in [-0.39, 0.29) is 41.8 Å². The fourth-order valence-electron chi connectivity index (χ4n) is 5.26. The molecule has 12 nitrogen and oxygen atoms in total. The Kier molecular flexibility index (Phi) is 6.92. The normalized spacial score (nSPS) is 22.4. The summed E-state index contributed by atoms with van der Waals surface area (Å²) in [7, 11) is 0. The van der Waals surface area contributed by atoms with E-state index in [0.29, 0.717) is 10.6 Å². The molecule has 206 valence electrons. The number of pyridine rings is 1. The maximum atomic E-state index is 13.2. The molecular weight excluding hydrogens is 540 g/mol. The van der Waals surface area contributed by atoms with E-state index in [1.807, 2.05) is 0 Å². The average Bonchev–Trinajstić information content (AvgIpc) is 3.19. The van der Waals surface area contributed by atoms with Gasteiger partial charge < -0.3 is 15.5 Å². The minimum Gasteiger partial charge on any atom is -0.480 e. The number of aromatic nitrogens is 1. The lowest BCUT2D eigenvalue weighted by atomic mass is 9.88. The minimum absolute atomic E-state index is 0.0249. The van der Waals surface area contributed by atoms with Crippen molar-refractivity contribution in [3.05, 3.63) is 71.7 Å². The molecule has 0 aliphatic carbocycles. The molecule has 0 saturated carbocycles. The number of carboxylic acids is 2. The first kappa shape index (κ1) is 27.1. The third-order valence-corrected chi connectivity index (χ3v) is 8.65. The van der Waals surface area contributed by atoms with E-state index in [1.54, 1.807) is 47.3 Å². The van der Waals surface area contributed by atoms with Gasteiger partial charge in [-0.05, 0) is 31.9 Å². The van der Waals surface area contributed by atoms with Gasteiger partial charge in [-0.1, -0.05) is 18.2 Å². The Morgan fingerprint density at radius 3 is 2.25 bits per heavy atom. The fourth-order valence-corrected chi connectivity index (χ4v) is 6.70. The Bertz CT molecular complexity index is 1460. The zero-order valence-corrected chi connectivity index (χ0v) is 22.1. The topological polar surface area (TPSA) is 165 Å². The van der Waals surface area contributed by atoms with Crippen LogP contribution in [0.2, 0.25) is 0 Å². The van der Waals surface area contributed by atoms with Crippen LogP contribution in [0.3, 0.4) is 0 Å². The van der Waals surface area contributed by atoms with Crippen molar-refractivity contribution in [3.63, 3.8) is 0 Å². The predicted molar refractivity (Wildman–Crippen MR) is 139 cm³/mol. The SMILES string of the molecule is C[C@@]1(NC(=O)CCCC(C(=O)O)N2C(=O)c3ccccc3C2=O)C(=O)N2C(C(=O)O)=C([n+]3ccccc3)CS[C@H]21. The van der Waals surface area contributed by atoms with Crippen LogP contribution in [0.15, 0.2) is 60.6 Å². The number of nitrogens with zero attached hydrogens (tertiary/aromatic N) is 3. The Morgan fingerprint density at radius 2 is 1.68 bits per heavy atom. The van der Waals surface area contributed by atoms with Crippen molar-refractivity contribution in [3.8, 4) is 0 Å². The number of carbonyl (C=O) groups excluding carboxylic acids is 4. The number of imide groups is 1. The average molecular weight is 566 g/mol. The summed E-state index contributed by atoms with van der Waals surface area (Å²) in [5.74, 6) is -4.84. The van der Waals surface area contributed by atoms with Crippen LogP contribution in [-0.4, -0.2) is 78.3 Å². The van der Waals surface area contributed by atoms with E-state index in [2.05, 4.69) is 5.32 Å². The highest BCUT2D eigenvalue weighted by molar-refractivity contribution is 8.00. The first-order valence-electron chi connectivity index (χ1n) is 12.5. The highest BCUT2D eigenvalue weighted by Gasteiger charge is 2.64. The Balaban J connectivity index is 1.23. The van der Waals surface area contributed by atoms with Gasteiger partial charge in [0, 0.05) is 18.6 Å². The molecule has 1 fully saturated rings. The van der Waals surface area contributed by atoms with Gasteiger partial charge >= 0.3 is 11.9 Å². The molecule has 5 rings (SSSR count). The van der Waals surface area contributed by atoms with E-state index >= 15 is 0 Å². The van der Waals surface area contributed by atoms with Crippen molar-refractivity contribution < 1.29 is 43.5 Å². The first-order valence-corrected chi connectivity index (χ1v) is 13.5. The number of β-lactam (4-membered cyclic amide) rings is 1. The fraction of sp³-hybridized carbons (Fsp3) is 0.296. The molecule has 0 radical (unpaired) electrons. The summed E-state index contributed by atoms with van der Waals surface area (Å²) in [4.78, 5) is 77.4. The van der Waals surface area contributed by atoms with Crippen LogP contribution >= 0.6 is 11.8 Å². The third-order valence-electron chi connectivity index (χ3n) is 7.22. The number of fused-ring (bicyclic) bond motifs is 2. The highest BCUT2D eigenvalue weighted by Crippen LogP contribution is 2.46. The molecule has 13 heteroatoms. The number of thioether (sulfide) groups is 1. The van der Waals surface area contributed by atoms with Crippen molar-refractivity contribution in [1.82, 2.24) is 15.1 Å². The number of hydrogen-bond acceptors (Lipinski definition) is 7. The number of aliphatic carboxylic acids is 2. The van der Waals surface area contributed by atoms with E-state index in [0.717, 1.165) is 0 Å². The smallest absolute Gasteiger partial charge is 0.359 e. The molecule has 1 saturated heterocycles. The lowest BCUT2D eigenvalue weighted by Gasteiger charge is -2.54. The van der Waals surface area contributed by atoms with Crippen LogP contribution in [0.5, 0.6) is 0 Å². The number of carbonyl (C=O) groups is 6. The second-order valence-electron chi connectivity index (χ2n) is 9.74. The zero-order valence-electron chi connectivity index (χ0n) is 21.3. The van der Waals surface area contributed by atoms with Gasteiger partial charge in [-0.15, -0.1) is 11.8 Å². The molecule has 4 heterocycles. The van der Waals surface area contributed by atoms with Crippen molar-refractivity contribution >= 4 is 53.0 Å². The summed E-state index contributed by atoms with van der Waals surface area (Å²) in [5.41, 5.74) is -0.813. The van der Waals surface area contributed by atoms with Crippen LogP contribution in [0.1, 0.15) is 46.9 Å². The molecule has 3 aliphatic heterocycles. The Labute approximate surface area is 232 Å². The maximum absolute atomic E-state index is 13.2. The molecule has 1 aromatic carbocycles. The molecule has 40 heavy (non-hydrogen) atoms. The standard InChI is InChI=1S/C27H24N4O8S/c1-27(25(39)31-20(24(37)38)18(14-40-26(27)31)29-12-5-2-6-13-29)28-19(32)11-7-10-17(23(35)36)30-21(33)15-8-3-4-9-16(15)22(30)34/h2-6,8-9,12-13,17,26H,7,10-11,14H2,1H3,(H2-,28,32,35,36,37,38)/p+1/t17?,26-,27+/m0/s1. The zero-order chi connectivity index (χ0) is 28.8. The summed E-state index contributed by atoms with van der Waals surface area (Å²) in [6.45, 7) is 1.53. The summed E-state index contributed by atoms with van der Waals surface area (Å²) >= 11 is 1.32. The third kappa shape index (κ3) is 4.31. The molecule has 3 aliphatic rings. The van der Waals surface area contributed by atoms with Crippen LogP contribution in [0, 0.1) is 0 Å². The van der Waals surface area contributed by atoms with Gasteiger partial charge in [-0.3, -0.25) is 29.0 Å². The predicted octanol–water partition coefficient (Wildman–Crippen LogP) is 0.937. The Morgan fingerprint density at radius 1 is 1.05 bits per heavy atom. The van der Waals surface area contributed by atoms with Gasteiger partial charge in [0.2, 0.25) is 11.6 Å². The van der Waals surface area contributed by atoms with Gasteiger partial charge in [0.15, 0.2) is 18.1 Å².